The molecule has 0 atom stereocenters. The second-order valence-corrected chi connectivity index (χ2v) is 7.24. The summed E-state index contributed by atoms with van der Waals surface area (Å²) >= 11 is 6.20. The van der Waals surface area contributed by atoms with Crippen LogP contribution in [0.25, 0.3) is 11.5 Å². The third kappa shape index (κ3) is 4.03. The maximum atomic E-state index is 12.9. The highest BCUT2D eigenvalue weighted by atomic mass is 35.5. The van der Waals surface area contributed by atoms with E-state index in [0.717, 1.165) is 24.0 Å². The number of aromatic nitrogens is 2. The van der Waals surface area contributed by atoms with Crippen molar-refractivity contribution in [2.75, 3.05) is 0 Å². The minimum atomic E-state index is 0.0873. The summed E-state index contributed by atoms with van der Waals surface area (Å²) in [5.74, 6) is 0.886. The SMILES string of the molecule is Cc1ccccc1CC(=O)N(Cc1nnc(-c2ccccc2Cl)o1)C1CC1. The van der Waals surface area contributed by atoms with E-state index in [0.29, 0.717) is 35.3 Å². The lowest BCUT2D eigenvalue weighted by molar-refractivity contribution is -0.132. The van der Waals surface area contributed by atoms with E-state index in [9.17, 15) is 4.79 Å². The molecule has 0 aliphatic heterocycles. The largest absolute Gasteiger partial charge is 0.419 e. The first kappa shape index (κ1) is 17.7. The Balaban J connectivity index is 1.50. The topological polar surface area (TPSA) is 59.2 Å². The van der Waals surface area contributed by atoms with Crippen LogP contribution in [0.3, 0.4) is 0 Å². The van der Waals surface area contributed by atoms with Crippen LogP contribution in [-0.2, 0) is 17.8 Å². The standard InChI is InChI=1S/C21H20ClN3O2/c1-14-6-2-3-7-15(14)12-20(26)25(16-10-11-16)13-19-23-24-21(27-19)17-8-4-5-9-18(17)22/h2-9,16H,10-13H2,1H3. The Kier molecular flexibility index (Phi) is 4.94. The first-order valence-corrected chi connectivity index (χ1v) is 9.41. The Morgan fingerprint density at radius 2 is 1.89 bits per heavy atom. The number of nitrogens with zero attached hydrogens (tertiary/aromatic N) is 3. The molecule has 1 aliphatic rings. The van der Waals surface area contributed by atoms with Gasteiger partial charge in [0, 0.05) is 6.04 Å². The lowest BCUT2D eigenvalue weighted by atomic mass is 10.1. The third-order valence-electron chi connectivity index (χ3n) is 4.79. The predicted molar refractivity (Wildman–Crippen MR) is 103 cm³/mol. The molecule has 2 aromatic carbocycles. The summed E-state index contributed by atoms with van der Waals surface area (Å²) in [7, 11) is 0. The lowest BCUT2D eigenvalue weighted by Crippen LogP contribution is -2.34. The minimum Gasteiger partial charge on any atom is -0.419 e. The van der Waals surface area contributed by atoms with Crippen molar-refractivity contribution in [2.45, 2.75) is 38.8 Å². The molecule has 1 saturated carbocycles. The zero-order chi connectivity index (χ0) is 18.8. The number of carbonyl (C=O) groups excluding carboxylic acids is 1. The van der Waals surface area contributed by atoms with Gasteiger partial charge in [-0.15, -0.1) is 10.2 Å². The van der Waals surface area contributed by atoms with Crippen LogP contribution < -0.4 is 0 Å². The molecule has 1 fully saturated rings. The van der Waals surface area contributed by atoms with Crippen LogP contribution in [-0.4, -0.2) is 27.0 Å². The van der Waals surface area contributed by atoms with Crippen molar-refractivity contribution in [3.05, 3.63) is 70.6 Å². The van der Waals surface area contributed by atoms with Crippen molar-refractivity contribution < 1.29 is 9.21 Å². The first-order valence-electron chi connectivity index (χ1n) is 9.03. The highest BCUT2D eigenvalue weighted by molar-refractivity contribution is 6.33. The summed E-state index contributed by atoms with van der Waals surface area (Å²) in [5, 5.41) is 8.78. The molecular formula is C21H20ClN3O2. The van der Waals surface area contributed by atoms with Crippen molar-refractivity contribution in [2.24, 2.45) is 0 Å². The summed E-state index contributed by atoms with van der Waals surface area (Å²) in [6.07, 6.45) is 2.42. The number of halogens is 1. The number of carbonyl (C=O) groups is 1. The Morgan fingerprint density at radius 1 is 1.15 bits per heavy atom. The molecule has 0 bridgehead atoms. The Morgan fingerprint density at radius 3 is 2.63 bits per heavy atom. The summed E-state index contributed by atoms with van der Waals surface area (Å²) in [5.41, 5.74) is 2.87. The third-order valence-corrected chi connectivity index (χ3v) is 5.12. The van der Waals surface area contributed by atoms with E-state index in [1.807, 2.05) is 54.3 Å². The molecule has 138 valence electrons. The van der Waals surface area contributed by atoms with Gasteiger partial charge >= 0.3 is 0 Å². The number of aryl methyl sites for hydroxylation is 1. The molecule has 0 spiro atoms. The Bertz CT molecular complexity index is 965. The summed E-state index contributed by atoms with van der Waals surface area (Å²) < 4.78 is 5.78. The highest BCUT2D eigenvalue weighted by Crippen LogP contribution is 2.30. The van der Waals surface area contributed by atoms with E-state index in [-0.39, 0.29) is 11.9 Å². The van der Waals surface area contributed by atoms with Crippen molar-refractivity contribution in [3.63, 3.8) is 0 Å². The molecule has 1 amide bonds. The molecule has 3 aromatic rings. The number of rotatable bonds is 6. The average molecular weight is 382 g/mol. The van der Waals surface area contributed by atoms with Gasteiger partial charge in [-0.3, -0.25) is 4.79 Å². The van der Waals surface area contributed by atoms with E-state index in [1.54, 1.807) is 6.07 Å². The predicted octanol–water partition coefficient (Wildman–Crippen LogP) is 4.43. The van der Waals surface area contributed by atoms with Gasteiger partial charge in [-0.05, 0) is 43.0 Å². The smallest absolute Gasteiger partial charge is 0.249 e. The number of benzene rings is 2. The zero-order valence-corrected chi connectivity index (χ0v) is 15.8. The Hall–Kier alpha value is -2.66. The molecule has 5 nitrogen and oxygen atoms in total. The van der Waals surface area contributed by atoms with Crippen LogP contribution >= 0.6 is 11.6 Å². The van der Waals surface area contributed by atoms with Crippen LogP contribution in [0.5, 0.6) is 0 Å². The molecule has 4 rings (SSSR count). The fraction of sp³-hybridized carbons (Fsp3) is 0.286. The molecule has 1 aromatic heterocycles. The summed E-state index contributed by atoms with van der Waals surface area (Å²) in [6.45, 7) is 2.35. The number of amides is 1. The zero-order valence-electron chi connectivity index (χ0n) is 15.1. The van der Waals surface area contributed by atoms with Crippen molar-refractivity contribution in [1.29, 1.82) is 0 Å². The second-order valence-electron chi connectivity index (χ2n) is 6.84. The van der Waals surface area contributed by atoms with E-state index >= 15 is 0 Å². The Labute approximate surface area is 163 Å². The van der Waals surface area contributed by atoms with Gasteiger partial charge in [0.2, 0.25) is 17.7 Å². The van der Waals surface area contributed by atoms with Crippen molar-refractivity contribution in [1.82, 2.24) is 15.1 Å². The van der Waals surface area contributed by atoms with Gasteiger partial charge < -0.3 is 9.32 Å². The van der Waals surface area contributed by atoms with Crippen molar-refractivity contribution >= 4 is 17.5 Å². The van der Waals surface area contributed by atoms with Crippen LogP contribution in [0.15, 0.2) is 52.9 Å². The van der Waals surface area contributed by atoms with Crippen LogP contribution in [0.2, 0.25) is 5.02 Å². The molecule has 1 aliphatic carbocycles. The molecule has 1 heterocycles. The maximum Gasteiger partial charge on any atom is 0.249 e. The molecule has 6 heteroatoms. The first-order chi connectivity index (χ1) is 13.1. The molecule has 0 unspecified atom stereocenters. The van der Waals surface area contributed by atoms with Gasteiger partial charge in [0.1, 0.15) is 0 Å². The molecular weight excluding hydrogens is 362 g/mol. The molecule has 0 N–H and O–H groups in total. The molecule has 27 heavy (non-hydrogen) atoms. The van der Waals surface area contributed by atoms with E-state index in [2.05, 4.69) is 10.2 Å². The fourth-order valence-corrected chi connectivity index (χ4v) is 3.30. The fourth-order valence-electron chi connectivity index (χ4n) is 3.09. The van der Waals surface area contributed by atoms with Gasteiger partial charge in [-0.2, -0.15) is 0 Å². The quantitative estimate of drug-likeness (QED) is 0.633. The average Bonchev–Trinajstić information content (AvgIpc) is 3.40. The highest BCUT2D eigenvalue weighted by Gasteiger charge is 2.33. The van der Waals surface area contributed by atoms with Gasteiger partial charge in [0.15, 0.2) is 0 Å². The maximum absolute atomic E-state index is 12.9. The lowest BCUT2D eigenvalue weighted by Gasteiger charge is -2.21. The minimum absolute atomic E-state index is 0.0873. The van der Waals surface area contributed by atoms with E-state index in [4.69, 9.17) is 16.0 Å². The normalized spacial score (nSPS) is 13.6. The van der Waals surface area contributed by atoms with Gasteiger partial charge in [-0.1, -0.05) is 48.0 Å². The van der Waals surface area contributed by atoms with Gasteiger partial charge in [-0.25, -0.2) is 0 Å². The second kappa shape index (κ2) is 7.53. The van der Waals surface area contributed by atoms with Crippen LogP contribution in [0.1, 0.15) is 29.9 Å². The number of hydrogen-bond donors (Lipinski definition) is 0. The van der Waals surface area contributed by atoms with E-state index in [1.165, 1.54) is 0 Å². The van der Waals surface area contributed by atoms with Crippen LogP contribution in [0.4, 0.5) is 0 Å². The molecule has 0 saturated heterocycles. The van der Waals surface area contributed by atoms with Gasteiger partial charge in [0.05, 0.1) is 23.6 Å². The van der Waals surface area contributed by atoms with Crippen molar-refractivity contribution in [3.8, 4) is 11.5 Å². The number of hydrogen-bond acceptors (Lipinski definition) is 4. The summed E-state index contributed by atoms with van der Waals surface area (Å²) in [6, 6.07) is 15.6. The van der Waals surface area contributed by atoms with Gasteiger partial charge in [0.25, 0.3) is 0 Å². The monoisotopic (exact) mass is 381 g/mol. The molecule has 0 radical (unpaired) electrons. The van der Waals surface area contributed by atoms with Crippen LogP contribution in [0, 0.1) is 6.92 Å². The summed E-state index contributed by atoms with van der Waals surface area (Å²) in [4.78, 5) is 14.8. The van der Waals surface area contributed by atoms with E-state index < -0.39 is 0 Å².